The normalized spacial score (nSPS) is 16.0. The van der Waals surface area contributed by atoms with Crippen LogP contribution in [0.4, 0.5) is 5.82 Å². The van der Waals surface area contributed by atoms with Gasteiger partial charge in [-0.15, -0.1) is 11.3 Å². The van der Waals surface area contributed by atoms with Gasteiger partial charge in [0, 0.05) is 63.5 Å². The average Bonchev–Trinajstić information content (AvgIpc) is 2.99. The lowest BCUT2D eigenvalue weighted by atomic mass is 10.2. The lowest BCUT2D eigenvalue weighted by Gasteiger charge is -2.22. The van der Waals surface area contributed by atoms with Crippen molar-refractivity contribution in [3.8, 4) is 0 Å². The van der Waals surface area contributed by atoms with Gasteiger partial charge in [0.1, 0.15) is 5.82 Å². The molecule has 0 spiro atoms. The lowest BCUT2D eigenvalue weighted by molar-refractivity contribution is 0.0761. The second-order valence-electron chi connectivity index (χ2n) is 6.30. The predicted octanol–water partition coefficient (Wildman–Crippen LogP) is 2.56. The fraction of sp³-hybridized carbons (Fsp3) is 0.444. The number of hydrogen-bond donors (Lipinski definition) is 0. The summed E-state index contributed by atoms with van der Waals surface area (Å²) in [7, 11) is 3.87. The van der Waals surface area contributed by atoms with E-state index in [9.17, 15) is 4.79 Å². The summed E-state index contributed by atoms with van der Waals surface area (Å²) in [6, 6.07) is 7.96. The van der Waals surface area contributed by atoms with Crippen molar-refractivity contribution < 1.29 is 4.79 Å². The van der Waals surface area contributed by atoms with E-state index in [1.54, 1.807) is 17.5 Å². The molecule has 2 aromatic heterocycles. The molecule has 1 amide bonds. The van der Waals surface area contributed by atoms with Crippen molar-refractivity contribution in [3.63, 3.8) is 0 Å². The predicted molar refractivity (Wildman–Crippen MR) is 98.7 cm³/mol. The van der Waals surface area contributed by atoms with E-state index in [4.69, 9.17) is 0 Å². The van der Waals surface area contributed by atoms with E-state index in [2.05, 4.69) is 27.4 Å². The minimum Gasteiger partial charge on any atom is -0.363 e. The van der Waals surface area contributed by atoms with Gasteiger partial charge in [-0.05, 0) is 30.0 Å². The molecule has 0 aromatic carbocycles. The third kappa shape index (κ3) is 4.13. The maximum Gasteiger partial charge on any atom is 0.254 e. The largest absolute Gasteiger partial charge is 0.363 e. The Morgan fingerprint density at radius 2 is 2.12 bits per heavy atom. The Labute approximate surface area is 147 Å². The van der Waals surface area contributed by atoms with Crippen molar-refractivity contribution in [2.24, 2.45) is 0 Å². The molecule has 0 atom stereocenters. The number of pyridine rings is 1. The SMILES string of the molecule is CN(C)c1cc(C(=O)N2CCCN(Cc3cccs3)CC2)ccn1. The highest BCUT2D eigenvalue weighted by molar-refractivity contribution is 7.09. The monoisotopic (exact) mass is 344 g/mol. The number of aromatic nitrogens is 1. The van der Waals surface area contributed by atoms with E-state index in [1.807, 2.05) is 36.0 Å². The summed E-state index contributed by atoms with van der Waals surface area (Å²) in [4.78, 5) is 24.8. The van der Waals surface area contributed by atoms with E-state index in [0.717, 1.165) is 50.5 Å². The van der Waals surface area contributed by atoms with Gasteiger partial charge in [0.25, 0.3) is 5.91 Å². The second-order valence-corrected chi connectivity index (χ2v) is 7.33. The van der Waals surface area contributed by atoms with Crippen LogP contribution in [0.2, 0.25) is 0 Å². The van der Waals surface area contributed by atoms with Crippen LogP contribution in [0, 0.1) is 0 Å². The second kappa shape index (κ2) is 7.77. The number of nitrogens with zero attached hydrogens (tertiary/aromatic N) is 4. The minimum atomic E-state index is 0.110. The van der Waals surface area contributed by atoms with Gasteiger partial charge in [-0.25, -0.2) is 4.98 Å². The smallest absolute Gasteiger partial charge is 0.254 e. The molecule has 1 fully saturated rings. The Hall–Kier alpha value is -1.92. The first-order valence-electron chi connectivity index (χ1n) is 8.31. The van der Waals surface area contributed by atoms with Gasteiger partial charge in [-0.3, -0.25) is 9.69 Å². The molecule has 0 saturated carbocycles. The zero-order valence-electron chi connectivity index (χ0n) is 14.3. The van der Waals surface area contributed by atoms with Crippen molar-refractivity contribution in [1.82, 2.24) is 14.8 Å². The molecule has 0 bridgehead atoms. The van der Waals surface area contributed by atoms with Crippen LogP contribution in [0.5, 0.6) is 0 Å². The summed E-state index contributed by atoms with van der Waals surface area (Å²) in [6.07, 6.45) is 2.73. The molecule has 0 unspecified atom stereocenters. The van der Waals surface area contributed by atoms with Crippen LogP contribution < -0.4 is 4.90 Å². The fourth-order valence-electron chi connectivity index (χ4n) is 2.93. The van der Waals surface area contributed by atoms with Gasteiger partial charge in [0.2, 0.25) is 0 Å². The standard InChI is InChI=1S/C18H24N4OS/c1-20(2)17-13-15(6-7-19-17)18(23)22-9-4-8-21(10-11-22)14-16-5-3-12-24-16/h3,5-7,12-13H,4,8-11,14H2,1-2H3. The Morgan fingerprint density at radius 1 is 1.25 bits per heavy atom. The van der Waals surface area contributed by atoms with Gasteiger partial charge < -0.3 is 9.80 Å². The molecule has 6 heteroatoms. The number of rotatable bonds is 4. The quantitative estimate of drug-likeness (QED) is 0.855. The summed E-state index contributed by atoms with van der Waals surface area (Å²) < 4.78 is 0. The molecule has 0 aliphatic carbocycles. The molecule has 5 nitrogen and oxygen atoms in total. The van der Waals surface area contributed by atoms with Crippen molar-refractivity contribution in [3.05, 3.63) is 46.3 Å². The van der Waals surface area contributed by atoms with E-state index in [-0.39, 0.29) is 5.91 Å². The van der Waals surface area contributed by atoms with Gasteiger partial charge in [0.05, 0.1) is 0 Å². The summed E-state index contributed by atoms with van der Waals surface area (Å²) in [5.74, 6) is 0.925. The first-order chi connectivity index (χ1) is 11.6. The molecule has 0 N–H and O–H groups in total. The molecule has 3 rings (SSSR count). The molecule has 2 aromatic rings. The fourth-order valence-corrected chi connectivity index (χ4v) is 3.68. The van der Waals surface area contributed by atoms with Gasteiger partial charge in [-0.2, -0.15) is 0 Å². The highest BCUT2D eigenvalue weighted by Gasteiger charge is 2.21. The number of amides is 1. The van der Waals surface area contributed by atoms with E-state index in [0.29, 0.717) is 0 Å². The molecule has 0 radical (unpaired) electrons. The Morgan fingerprint density at radius 3 is 2.88 bits per heavy atom. The number of hydrogen-bond acceptors (Lipinski definition) is 5. The summed E-state index contributed by atoms with van der Waals surface area (Å²) in [6.45, 7) is 4.55. The molecular weight excluding hydrogens is 320 g/mol. The summed E-state index contributed by atoms with van der Waals surface area (Å²) >= 11 is 1.80. The molecule has 128 valence electrons. The van der Waals surface area contributed by atoms with Crippen LogP contribution >= 0.6 is 11.3 Å². The Bertz CT molecular complexity index is 671. The molecule has 1 aliphatic rings. The Kier molecular flexibility index (Phi) is 5.48. The molecule has 24 heavy (non-hydrogen) atoms. The highest BCUT2D eigenvalue weighted by Crippen LogP contribution is 2.16. The first-order valence-corrected chi connectivity index (χ1v) is 9.19. The van der Waals surface area contributed by atoms with Crippen LogP contribution in [0.25, 0.3) is 0 Å². The molecule has 1 saturated heterocycles. The van der Waals surface area contributed by atoms with E-state index < -0.39 is 0 Å². The Balaban J connectivity index is 1.63. The topological polar surface area (TPSA) is 39.7 Å². The number of carbonyl (C=O) groups is 1. The van der Waals surface area contributed by atoms with Crippen LogP contribution in [-0.4, -0.2) is 61.0 Å². The van der Waals surface area contributed by atoms with Crippen molar-refractivity contribution in [2.75, 3.05) is 45.2 Å². The molecular formula is C18H24N4OS. The zero-order valence-corrected chi connectivity index (χ0v) is 15.1. The number of carbonyl (C=O) groups excluding carboxylic acids is 1. The van der Waals surface area contributed by atoms with Crippen molar-refractivity contribution in [2.45, 2.75) is 13.0 Å². The van der Waals surface area contributed by atoms with Gasteiger partial charge in [0.15, 0.2) is 0 Å². The maximum absolute atomic E-state index is 12.8. The van der Waals surface area contributed by atoms with E-state index >= 15 is 0 Å². The van der Waals surface area contributed by atoms with Crippen LogP contribution in [0.15, 0.2) is 35.8 Å². The molecule has 3 heterocycles. The zero-order chi connectivity index (χ0) is 16.9. The lowest BCUT2D eigenvalue weighted by Crippen LogP contribution is -2.35. The minimum absolute atomic E-state index is 0.110. The maximum atomic E-state index is 12.8. The summed E-state index contributed by atoms with van der Waals surface area (Å²) in [5.41, 5.74) is 0.723. The number of thiophene rings is 1. The number of anilines is 1. The van der Waals surface area contributed by atoms with Crippen LogP contribution in [-0.2, 0) is 6.54 Å². The summed E-state index contributed by atoms with van der Waals surface area (Å²) in [5, 5.41) is 2.12. The van der Waals surface area contributed by atoms with Crippen LogP contribution in [0.3, 0.4) is 0 Å². The van der Waals surface area contributed by atoms with Crippen molar-refractivity contribution >= 4 is 23.1 Å². The first kappa shape index (κ1) is 16.9. The molecule has 1 aliphatic heterocycles. The van der Waals surface area contributed by atoms with Crippen LogP contribution in [0.1, 0.15) is 21.7 Å². The third-order valence-electron chi connectivity index (χ3n) is 4.29. The third-order valence-corrected chi connectivity index (χ3v) is 5.15. The highest BCUT2D eigenvalue weighted by atomic mass is 32.1. The average molecular weight is 344 g/mol. The van der Waals surface area contributed by atoms with E-state index in [1.165, 1.54) is 4.88 Å². The van der Waals surface area contributed by atoms with Gasteiger partial charge >= 0.3 is 0 Å². The van der Waals surface area contributed by atoms with Gasteiger partial charge in [-0.1, -0.05) is 6.07 Å². The van der Waals surface area contributed by atoms with Crippen molar-refractivity contribution in [1.29, 1.82) is 0 Å².